The number of ether oxygens (including phenoxy) is 1. The molecule has 3 heterocycles. The van der Waals surface area contributed by atoms with Crippen LogP contribution in [0.2, 0.25) is 0 Å². The number of nitrogens with zero attached hydrogens (tertiary/aromatic N) is 1. The maximum atomic E-state index is 12.8. The van der Waals surface area contributed by atoms with Crippen LogP contribution in [-0.2, 0) is 15.6 Å². The summed E-state index contributed by atoms with van der Waals surface area (Å²) in [5.74, 6) is 0.660. The normalized spacial score (nSPS) is 17.5. The Bertz CT molecular complexity index is 1070. The molecule has 1 aliphatic rings. The van der Waals surface area contributed by atoms with Gasteiger partial charge < -0.3 is 18.5 Å². The van der Waals surface area contributed by atoms with Gasteiger partial charge in [0.25, 0.3) is 5.91 Å². The number of furan rings is 2. The molecule has 1 aliphatic heterocycles. The minimum absolute atomic E-state index is 0.149. The number of amides is 1. The maximum Gasteiger partial charge on any atom is 0.289 e. The molecule has 27 heavy (non-hydrogen) atoms. The Morgan fingerprint density at radius 2 is 2.15 bits per heavy atom. The molecule has 4 rings (SSSR count). The van der Waals surface area contributed by atoms with Gasteiger partial charge in [-0.3, -0.25) is 4.79 Å². The SMILES string of the molecule is COc1cccc2cc(C(=O)N3CCC(S(=O)(=O)Cc4ccco4)C3)oc12. The Labute approximate surface area is 156 Å². The fourth-order valence-electron chi connectivity index (χ4n) is 3.37. The van der Waals surface area contributed by atoms with Gasteiger partial charge >= 0.3 is 0 Å². The smallest absolute Gasteiger partial charge is 0.289 e. The zero-order chi connectivity index (χ0) is 19.0. The second-order valence-corrected chi connectivity index (χ2v) is 8.82. The number of rotatable bonds is 5. The fraction of sp³-hybridized carbons (Fsp3) is 0.316. The van der Waals surface area contributed by atoms with Crippen molar-refractivity contribution in [2.45, 2.75) is 17.4 Å². The molecular weight excluding hydrogens is 370 g/mol. The number of likely N-dealkylation sites (tertiary alicyclic amines) is 1. The van der Waals surface area contributed by atoms with Crippen molar-refractivity contribution in [1.29, 1.82) is 0 Å². The highest BCUT2D eigenvalue weighted by molar-refractivity contribution is 7.91. The summed E-state index contributed by atoms with van der Waals surface area (Å²) in [6.45, 7) is 0.519. The predicted octanol–water partition coefficient (Wildman–Crippen LogP) is 2.86. The molecule has 0 radical (unpaired) electrons. The summed E-state index contributed by atoms with van der Waals surface area (Å²) < 4.78 is 41.3. The summed E-state index contributed by atoms with van der Waals surface area (Å²) in [6.07, 6.45) is 1.85. The van der Waals surface area contributed by atoms with Crippen molar-refractivity contribution in [1.82, 2.24) is 4.90 Å². The lowest BCUT2D eigenvalue weighted by molar-refractivity contribution is 0.0764. The van der Waals surface area contributed by atoms with Gasteiger partial charge in [0, 0.05) is 18.5 Å². The van der Waals surface area contributed by atoms with Crippen molar-refractivity contribution in [2.75, 3.05) is 20.2 Å². The predicted molar refractivity (Wildman–Crippen MR) is 98.4 cm³/mol. The van der Waals surface area contributed by atoms with Gasteiger partial charge in [-0.05, 0) is 30.7 Å². The van der Waals surface area contributed by atoms with E-state index in [0.717, 1.165) is 5.39 Å². The van der Waals surface area contributed by atoms with E-state index in [1.54, 1.807) is 24.3 Å². The van der Waals surface area contributed by atoms with Crippen molar-refractivity contribution >= 4 is 26.7 Å². The molecule has 0 spiro atoms. The van der Waals surface area contributed by atoms with Crippen molar-refractivity contribution in [3.8, 4) is 5.75 Å². The summed E-state index contributed by atoms with van der Waals surface area (Å²) in [4.78, 5) is 14.3. The van der Waals surface area contributed by atoms with Crippen molar-refractivity contribution < 1.29 is 26.8 Å². The average Bonchev–Trinajstić information content (AvgIpc) is 3.39. The van der Waals surface area contributed by atoms with E-state index in [9.17, 15) is 13.2 Å². The van der Waals surface area contributed by atoms with Crippen molar-refractivity contribution in [3.63, 3.8) is 0 Å². The molecule has 8 heteroatoms. The molecule has 1 aromatic carbocycles. The fourth-order valence-corrected chi connectivity index (χ4v) is 5.04. The van der Waals surface area contributed by atoms with E-state index in [2.05, 4.69) is 0 Å². The van der Waals surface area contributed by atoms with Crippen LogP contribution in [0.5, 0.6) is 5.75 Å². The van der Waals surface area contributed by atoms with Crippen LogP contribution in [0.1, 0.15) is 22.7 Å². The number of fused-ring (bicyclic) bond motifs is 1. The summed E-state index contributed by atoms with van der Waals surface area (Å²) in [5, 5.41) is 0.157. The van der Waals surface area contributed by atoms with Gasteiger partial charge in [0.15, 0.2) is 26.9 Å². The van der Waals surface area contributed by atoms with E-state index < -0.39 is 15.1 Å². The number of methoxy groups -OCH3 is 1. The van der Waals surface area contributed by atoms with Gasteiger partial charge in [-0.1, -0.05) is 12.1 Å². The summed E-state index contributed by atoms with van der Waals surface area (Å²) in [5.41, 5.74) is 0.504. The molecule has 3 aromatic rings. The molecule has 0 bridgehead atoms. The Morgan fingerprint density at radius 3 is 2.89 bits per heavy atom. The first-order valence-electron chi connectivity index (χ1n) is 8.58. The number of sulfone groups is 1. The van der Waals surface area contributed by atoms with Gasteiger partial charge in [0.2, 0.25) is 0 Å². The van der Waals surface area contributed by atoms with Crippen LogP contribution >= 0.6 is 0 Å². The van der Waals surface area contributed by atoms with E-state index in [4.69, 9.17) is 13.6 Å². The number of benzene rings is 1. The number of hydrogen-bond donors (Lipinski definition) is 0. The van der Waals surface area contributed by atoms with Crippen LogP contribution in [0.3, 0.4) is 0 Å². The lowest BCUT2D eigenvalue weighted by Gasteiger charge is -2.15. The molecule has 2 aromatic heterocycles. The highest BCUT2D eigenvalue weighted by atomic mass is 32.2. The maximum absolute atomic E-state index is 12.8. The van der Waals surface area contributed by atoms with Crippen molar-refractivity contribution in [3.05, 3.63) is 54.2 Å². The van der Waals surface area contributed by atoms with Gasteiger partial charge in [-0.15, -0.1) is 0 Å². The lowest BCUT2D eigenvalue weighted by atomic mass is 10.2. The second-order valence-electron chi connectivity index (χ2n) is 6.54. The molecule has 7 nitrogen and oxygen atoms in total. The minimum Gasteiger partial charge on any atom is -0.493 e. The van der Waals surface area contributed by atoms with Crippen LogP contribution in [0, 0.1) is 0 Å². The van der Waals surface area contributed by atoms with E-state index in [1.165, 1.54) is 18.3 Å². The monoisotopic (exact) mass is 389 g/mol. The van der Waals surface area contributed by atoms with E-state index in [1.807, 2.05) is 12.1 Å². The third-order valence-corrected chi connectivity index (χ3v) is 6.89. The molecule has 1 amide bonds. The Morgan fingerprint density at radius 1 is 1.30 bits per heavy atom. The summed E-state index contributed by atoms with van der Waals surface area (Å²) >= 11 is 0. The topological polar surface area (TPSA) is 90.0 Å². The molecule has 1 atom stereocenters. The van der Waals surface area contributed by atoms with E-state index in [-0.39, 0.29) is 24.0 Å². The number of carbonyl (C=O) groups is 1. The van der Waals surface area contributed by atoms with Crippen LogP contribution in [0.4, 0.5) is 0 Å². The molecule has 0 saturated carbocycles. The van der Waals surface area contributed by atoms with Gasteiger partial charge in [0.1, 0.15) is 11.5 Å². The van der Waals surface area contributed by atoms with Gasteiger partial charge in [-0.25, -0.2) is 8.42 Å². The van der Waals surface area contributed by atoms with E-state index in [0.29, 0.717) is 30.1 Å². The van der Waals surface area contributed by atoms with Crippen molar-refractivity contribution in [2.24, 2.45) is 0 Å². The summed E-state index contributed by atoms with van der Waals surface area (Å²) in [6, 6.07) is 10.4. The third kappa shape index (κ3) is 3.32. The summed E-state index contributed by atoms with van der Waals surface area (Å²) in [7, 11) is -1.87. The molecule has 1 fully saturated rings. The molecule has 0 aliphatic carbocycles. The Hall–Kier alpha value is -2.74. The quantitative estimate of drug-likeness (QED) is 0.667. The van der Waals surface area contributed by atoms with Gasteiger partial charge in [-0.2, -0.15) is 0 Å². The number of para-hydroxylation sites is 1. The average molecular weight is 389 g/mol. The van der Waals surface area contributed by atoms with Crippen LogP contribution in [-0.4, -0.2) is 44.7 Å². The van der Waals surface area contributed by atoms with Crippen LogP contribution in [0.15, 0.2) is 51.5 Å². The zero-order valence-corrected chi connectivity index (χ0v) is 15.6. The highest BCUT2D eigenvalue weighted by Crippen LogP contribution is 2.30. The Kier molecular flexibility index (Phi) is 4.43. The number of carbonyl (C=O) groups excluding carboxylic acids is 1. The molecular formula is C19H19NO6S. The van der Waals surface area contributed by atoms with Crippen LogP contribution in [0.25, 0.3) is 11.0 Å². The molecule has 1 unspecified atom stereocenters. The number of hydrogen-bond acceptors (Lipinski definition) is 6. The molecule has 0 N–H and O–H groups in total. The zero-order valence-electron chi connectivity index (χ0n) is 14.8. The standard InChI is InChI=1S/C19H19NO6S/c1-24-16-6-2-4-13-10-17(26-18(13)16)19(21)20-8-7-15(11-20)27(22,23)12-14-5-3-9-25-14/h2-6,9-10,15H,7-8,11-12H2,1H3. The molecule has 142 valence electrons. The van der Waals surface area contributed by atoms with E-state index >= 15 is 0 Å². The third-order valence-electron chi connectivity index (χ3n) is 4.80. The Balaban J connectivity index is 1.51. The lowest BCUT2D eigenvalue weighted by Crippen LogP contribution is -2.32. The first kappa shape index (κ1) is 17.7. The first-order chi connectivity index (χ1) is 13.0. The van der Waals surface area contributed by atoms with Gasteiger partial charge in [0.05, 0.1) is 18.6 Å². The minimum atomic E-state index is -3.41. The second kappa shape index (κ2) is 6.77. The largest absolute Gasteiger partial charge is 0.493 e. The first-order valence-corrected chi connectivity index (χ1v) is 10.3. The van der Waals surface area contributed by atoms with Crippen LogP contribution < -0.4 is 4.74 Å². The highest BCUT2D eigenvalue weighted by Gasteiger charge is 2.36. The molecule has 1 saturated heterocycles.